The molecule has 2 aromatic rings. The van der Waals surface area contributed by atoms with Crippen LogP contribution in [0.15, 0.2) is 35.1 Å². The first-order chi connectivity index (χ1) is 9.15. The molecule has 0 aliphatic heterocycles. The second kappa shape index (κ2) is 5.69. The number of rotatable bonds is 5. The van der Waals surface area contributed by atoms with E-state index in [1.807, 2.05) is 0 Å². The van der Waals surface area contributed by atoms with Crippen molar-refractivity contribution in [3.63, 3.8) is 0 Å². The van der Waals surface area contributed by atoms with Crippen molar-refractivity contribution in [1.29, 1.82) is 0 Å². The van der Waals surface area contributed by atoms with E-state index in [0.717, 1.165) is 19.3 Å². The van der Waals surface area contributed by atoms with Gasteiger partial charge in [0.05, 0.1) is 0 Å². The van der Waals surface area contributed by atoms with E-state index in [4.69, 9.17) is 0 Å². The van der Waals surface area contributed by atoms with Gasteiger partial charge in [-0.2, -0.15) is 0 Å². The zero-order chi connectivity index (χ0) is 13.8. The lowest BCUT2D eigenvalue weighted by molar-refractivity contribution is 0.0683. The minimum atomic E-state index is -1.06. The summed E-state index contributed by atoms with van der Waals surface area (Å²) in [5.41, 5.74) is -0.147. The minimum absolute atomic E-state index is 0.0693. The number of pyridine rings is 1. The molecule has 0 spiro atoms. The molecule has 100 valence electrons. The van der Waals surface area contributed by atoms with E-state index in [2.05, 4.69) is 6.92 Å². The van der Waals surface area contributed by atoms with Gasteiger partial charge in [0, 0.05) is 11.9 Å². The van der Waals surface area contributed by atoms with Gasteiger partial charge in [-0.3, -0.25) is 4.79 Å². The Morgan fingerprint density at radius 3 is 2.68 bits per heavy atom. The second-order valence-electron chi connectivity index (χ2n) is 4.59. The summed E-state index contributed by atoms with van der Waals surface area (Å²) in [4.78, 5) is 23.6. The maximum Gasteiger partial charge on any atom is 0.352 e. The molecule has 1 aromatic heterocycles. The number of hydrogen-bond acceptors (Lipinski definition) is 2. The molecule has 4 nitrogen and oxygen atoms in total. The fourth-order valence-electron chi connectivity index (χ4n) is 2.22. The van der Waals surface area contributed by atoms with Crippen molar-refractivity contribution in [1.82, 2.24) is 4.57 Å². The molecule has 1 heterocycles. The molecule has 0 bridgehead atoms. The highest BCUT2D eigenvalue weighted by Gasteiger charge is 2.13. The molecule has 0 aliphatic carbocycles. The number of aromatic carboxylic acids is 1. The van der Waals surface area contributed by atoms with Gasteiger partial charge in [-0.25, -0.2) is 4.79 Å². The van der Waals surface area contributed by atoms with E-state index in [-0.39, 0.29) is 11.3 Å². The lowest BCUT2D eigenvalue weighted by Crippen LogP contribution is -2.26. The number of unbranched alkanes of at least 4 members (excludes halogenated alkanes) is 2. The van der Waals surface area contributed by atoms with Gasteiger partial charge in [-0.15, -0.1) is 0 Å². The normalized spacial score (nSPS) is 10.8. The van der Waals surface area contributed by atoms with Crippen molar-refractivity contribution in [2.24, 2.45) is 0 Å². The van der Waals surface area contributed by atoms with Gasteiger partial charge in [0.1, 0.15) is 5.69 Å². The van der Waals surface area contributed by atoms with Crippen LogP contribution < -0.4 is 5.56 Å². The topological polar surface area (TPSA) is 59.3 Å². The Balaban J connectivity index is 2.58. The molecule has 0 saturated carbocycles. The van der Waals surface area contributed by atoms with Crippen molar-refractivity contribution in [2.75, 3.05) is 0 Å². The van der Waals surface area contributed by atoms with Gasteiger partial charge < -0.3 is 9.67 Å². The van der Waals surface area contributed by atoms with Crippen LogP contribution in [0.25, 0.3) is 10.8 Å². The standard InChI is InChI=1S/C15H17NO3/c1-2-3-6-9-16-13(15(18)19)10-11-7-4-5-8-12(11)14(16)17/h4-5,7-8,10H,2-3,6,9H2,1H3,(H,18,19). The maximum atomic E-state index is 12.3. The Kier molecular flexibility index (Phi) is 4.00. The molecular weight excluding hydrogens is 242 g/mol. The van der Waals surface area contributed by atoms with Crippen LogP contribution in [0.2, 0.25) is 0 Å². The van der Waals surface area contributed by atoms with Crippen LogP contribution in [-0.4, -0.2) is 15.6 Å². The molecule has 0 fully saturated rings. The van der Waals surface area contributed by atoms with Gasteiger partial charge >= 0.3 is 5.97 Å². The quantitative estimate of drug-likeness (QED) is 0.840. The van der Waals surface area contributed by atoms with E-state index < -0.39 is 5.97 Å². The van der Waals surface area contributed by atoms with Crippen molar-refractivity contribution in [3.8, 4) is 0 Å². The first-order valence-corrected chi connectivity index (χ1v) is 6.51. The third kappa shape index (κ3) is 2.67. The van der Waals surface area contributed by atoms with Crippen LogP contribution in [0.5, 0.6) is 0 Å². The number of carboxylic acids is 1. The molecule has 1 N–H and O–H groups in total. The number of nitrogens with zero attached hydrogens (tertiary/aromatic N) is 1. The number of hydrogen-bond donors (Lipinski definition) is 1. The highest BCUT2D eigenvalue weighted by atomic mass is 16.4. The Hall–Kier alpha value is -2.10. The van der Waals surface area contributed by atoms with Crippen LogP contribution in [-0.2, 0) is 6.54 Å². The van der Waals surface area contributed by atoms with E-state index in [1.54, 1.807) is 30.3 Å². The van der Waals surface area contributed by atoms with Gasteiger partial charge in [0.15, 0.2) is 0 Å². The fraction of sp³-hybridized carbons (Fsp3) is 0.333. The summed E-state index contributed by atoms with van der Waals surface area (Å²) in [5.74, 6) is -1.06. The molecule has 2 rings (SSSR count). The Labute approximate surface area is 111 Å². The van der Waals surface area contributed by atoms with Crippen molar-refractivity contribution < 1.29 is 9.90 Å². The SMILES string of the molecule is CCCCCn1c(C(=O)O)cc2ccccc2c1=O. The van der Waals surface area contributed by atoms with Gasteiger partial charge in [-0.1, -0.05) is 38.0 Å². The van der Waals surface area contributed by atoms with Crippen LogP contribution in [0.4, 0.5) is 0 Å². The summed E-state index contributed by atoms with van der Waals surface area (Å²) in [6, 6.07) is 8.67. The fourth-order valence-corrected chi connectivity index (χ4v) is 2.22. The summed E-state index contributed by atoms with van der Waals surface area (Å²) in [6.07, 6.45) is 2.83. The van der Waals surface area contributed by atoms with Gasteiger partial charge in [0.2, 0.25) is 0 Å². The van der Waals surface area contributed by atoms with Crippen LogP contribution in [0, 0.1) is 0 Å². The Morgan fingerprint density at radius 1 is 1.26 bits per heavy atom. The summed E-state index contributed by atoms with van der Waals surface area (Å²) in [6.45, 7) is 2.53. The molecule has 0 amide bonds. The number of aromatic nitrogens is 1. The lowest BCUT2D eigenvalue weighted by Gasteiger charge is -2.11. The maximum absolute atomic E-state index is 12.3. The molecule has 19 heavy (non-hydrogen) atoms. The van der Waals surface area contributed by atoms with Crippen LogP contribution in [0.3, 0.4) is 0 Å². The van der Waals surface area contributed by atoms with Crippen molar-refractivity contribution >= 4 is 16.7 Å². The molecular formula is C15H17NO3. The lowest BCUT2D eigenvalue weighted by atomic mass is 10.1. The summed E-state index contributed by atoms with van der Waals surface area (Å²) < 4.78 is 1.38. The molecule has 0 aliphatic rings. The average Bonchev–Trinajstić information content (AvgIpc) is 2.41. The van der Waals surface area contributed by atoms with Crippen LogP contribution >= 0.6 is 0 Å². The predicted molar refractivity (Wildman–Crippen MR) is 74.7 cm³/mol. The molecule has 1 aromatic carbocycles. The highest BCUT2D eigenvalue weighted by Crippen LogP contribution is 2.13. The molecule has 0 radical (unpaired) electrons. The zero-order valence-corrected chi connectivity index (χ0v) is 10.9. The number of carboxylic acid groups (broad SMARTS) is 1. The predicted octanol–water partition coefficient (Wildman–Crippen LogP) is 2.89. The van der Waals surface area contributed by atoms with Gasteiger partial charge in [0.25, 0.3) is 5.56 Å². The Morgan fingerprint density at radius 2 is 2.00 bits per heavy atom. The summed E-state index contributed by atoms with van der Waals surface area (Å²) in [7, 11) is 0. The third-order valence-electron chi connectivity index (χ3n) is 3.22. The second-order valence-corrected chi connectivity index (χ2v) is 4.59. The van der Waals surface area contributed by atoms with Gasteiger partial charge in [-0.05, 0) is 23.9 Å². The van der Waals surface area contributed by atoms with E-state index in [9.17, 15) is 14.7 Å². The highest BCUT2D eigenvalue weighted by molar-refractivity contribution is 5.92. The average molecular weight is 259 g/mol. The van der Waals surface area contributed by atoms with Crippen molar-refractivity contribution in [3.05, 3.63) is 46.4 Å². The first-order valence-electron chi connectivity index (χ1n) is 6.51. The smallest absolute Gasteiger partial charge is 0.352 e. The van der Waals surface area contributed by atoms with Crippen LogP contribution in [0.1, 0.15) is 36.7 Å². The minimum Gasteiger partial charge on any atom is -0.477 e. The largest absolute Gasteiger partial charge is 0.477 e. The molecule has 0 saturated heterocycles. The number of benzene rings is 1. The third-order valence-corrected chi connectivity index (χ3v) is 3.22. The summed E-state index contributed by atoms with van der Waals surface area (Å²) in [5, 5.41) is 10.5. The molecule has 0 atom stereocenters. The monoisotopic (exact) mass is 259 g/mol. The molecule has 4 heteroatoms. The van der Waals surface area contributed by atoms with E-state index in [1.165, 1.54) is 4.57 Å². The van der Waals surface area contributed by atoms with Crippen molar-refractivity contribution in [2.45, 2.75) is 32.7 Å². The summed E-state index contributed by atoms with van der Waals surface area (Å²) >= 11 is 0. The zero-order valence-electron chi connectivity index (χ0n) is 10.9. The Bertz CT molecular complexity index is 658. The number of carbonyl (C=O) groups is 1. The molecule has 0 unspecified atom stereocenters. The van der Waals surface area contributed by atoms with E-state index in [0.29, 0.717) is 17.3 Å². The first kappa shape index (κ1) is 13.3. The van der Waals surface area contributed by atoms with E-state index >= 15 is 0 Å². The number of fused-ring (bicyclic) bond motifs is 1.